The van der Waals surface area contributed by atoms with Crippen LogP contribution in [-0.4, -0.2) is 12.1 Å². The van der Waals surface area contributed by atoms with Crippen molar-refractivity contribution in [3.05, 3.63) is 28.8 Å². The first-order chi connectivity index (χ1) is 7.31. The zero-order chi connectivity index (χ0) is 12.3. The Morgan fingerprint density at radius 1 is 1.38 bits per heavy atom. The summed E-state index contributed by atoms with van der Waals surface area (Å²) in [5.74, 6) is -0.786. The van der Waals surface area contributed by atoms with Crippen molar-refractivity contribution >= 4 is 17.4 Å². The lowest BCUT2D eigenvalue weighted by atomic mass is 10.1. The Bertz CT molecular complexity index is 402. The van der Waals surface area contributed by atoms with Gasteiger partial charge in [0.1, 0.15) is 5.75 Å². The van der Waals surface area contributed by atoms with Crippen molar-refractivity contribution in [1.29, 1.82) is 0 Å². The van der Waals surface area contributed by atoms with Crippen LogP contribution in [-0.2, 0) is 0 Å². The quantitative estimate of drug-likeness (QED) is 0.764. The van der Waals surface area contributed by atoms with E-state index in [9.17, 15) is 18.0 Å². The Kier molecular flexibility index (Phi) is 3.80. The van der Waals surface area contributed by atoms with E-state index in [1.54, 1.807) is 6.92 Å². The predicted molar refractivity (Wildman–Crippen MR) is 52.8 cm³/mol. The monoisotopic (exact) mass is 252 g/mol. The van der Waals surface area contributed by atoms with Crippen LogP contribution in [0, 0.1) is 0 Å². The van der Waals surface area contributed by atoms with Gasteiger partial charge in [-0.1, -0.05) is 18.5 Å². The number of halogens is 4. The number of hydrogen-bond donors (Lipinski definition) is 0. The number of carbonyl (C=O) groups excluding carboxylic acids is 1. The summed E-state index contributed by atoms with van der Waals surface area (Å²) in [6, 6.07) is 3.32. The van der Waals surface area contributed by atoms with Crippen molar-refractivity contribution in [2.45, 2.75) is 19.7 Å². The van der Waals surface area contributed by atoms with Gasteiger partial charge in [0.2, 0.25) is 0 Å². The Morgan fingerprint density at radius 2 is 2.00 bits per heavy atom. The molecule has 0 saturated heterocycles. The summed E-state index contributed by atoms with van der Waals surface area (Å²) in [6.45, 7) is 1.60. The summed E-state index contributed by atoms with van der Waals surface area (Å²) in [5.41, 5.74) is 0.106. The molecule has 0 amide bonds. The molecule has 2 nitrogen and oxygen atoms in total. The number of rotatable bonds is 3. The van der Waals surface area contributed by atoms with Crippen LogP contribution < -0.4 is 4.74 Å². The SMILES string of the molecule is CCC(=O)c1cc(Cl)cc(OC(F)(F)F)c1. The number of ketones is 1. The number of benzene rings is 1. The normalized spacial score (nSPS) is 11.3. The molecule has 0 aliphatic rings. The highest BCUT2D eigenvalue weighted by molar-refractivity contribution is 6.31. The number of Topliss-reactive ketones (excluding diaryl/α,β-unsaturated/α-hetero) is 1. The summed E-state index contributed by atoms with van der Waals surface area (Å²) in [5, 5.41) is 0.0264. The molecule has 0 unspecified atom stereocenters. The lowest BCUT2D eigenvalue weighted by Gasteiger charge is -2.10. The fraction of sp³-hybridized carbons (Fsp3) is 0.300. The molecule has 0 heterocycles. The molecule has 0 N–H and O–H groups in total. The Hall–Kier alpha value is -1.23. The van der Waals surface area contributed by atoms with Crippen molar-refractivity contribution in [2.24, 2.45) is 0 Å². The molecule has 16 heavy (non-hydrogen) atoms. The lowest BCUT2D eigenvalue weighted by Crippen LogP contribution is -2.17. The van der Waals surface area contributed by atoms with Crippen LogP contribution in [0.1, 0.15) is 23.7 Å². The van der Waals surface area contributed by atoms with Gasteiger partial charge >= 0.3 is 6.36 Å². The molecule has 0 spiro atoms. The first kappa shape index (κ1) is 12.8. The van der Waals surface area contributed by atoms with Gasteiger partial charge in [0.15, 0.2) is 5.78 Å². The van der Waals surface area contributed by atoms with Gasteiger partial charge in [-0.25, -0.2) is 0 Å². The van der Waals surface area contributed by atoms with Gasteiger partial charge in [0.05, 0.1) is 0 Å². The molecule has 0 atom stereocenters. The van der Waals surface area contributed by atoms with Gasteiger partial charge in [-0.2, -0.15) is 0 Å². The average molecular weight is 253 g/mol. The van der Waals surface area contributed by atoms with Gasteiger partial charge in [-0.15, -0.1) is 13.2 Å². The van der Waals surface area contributed by atoms with Crippen LogP contribution >= 0.6 is 11.6 Å². The second kappa shape index (κ2) is 4.74. The molecule has 0 bridgehead atoms. The molecule has 1 rings (SSSR count). The molecule has 0 aliphatic carbocycles. The predicted octanol–water partition coefficient (Wildman–Crippen LogP) is 3.83. The third-order valence-corrected chi connectivity index (χ3v) is 1.97. The Morgan fingerprint density at radius 3 is 2.50 bits per heavy atom. The van der Waals surface area contributed by atoms with Crippen molar-refractivity contribution in [1.82, 2.24) is 0 Å². The second-order valence-corrected chi connectivity index (χ2v) is 3.44. The molecule has 1 aromatic rings. The highest BCUT2D eigenvalue weighted by Crippen LogP contribution is 2.27. The standard InChI is InChI=1S/C10H8ClF3O2/c1-2-9(15)6-3-7(11)5-8(4-6)16-10(12,13)14/h3-5H,2H2,1H3. The molecule has 0 fully saturated rings. The Labute approximate surface area is 95.0 Å². The highest BCUT2D eigenvalue weighted by Gasteiger charge is 2.31. The van der Waals surface area contributed by atoms with E-state index >= 15 is 0 Å². The molecule has 0 saturated carbocycles. The molecule has 0 aliphatic heterocycles. The fourth-order valence-corrected chi connectivity index (χ4v) is 1.35. The zero-order valence-corrected chi connectivity index (χ0v) is 9.02. The first-order valence-electron chi connectivity index (χ1n) is 4.41. The van der Waals surface area contributed by atoms with E-state index in [0.717, 1.165) is 12.1 Å². The smallest absolute Gasteiger partial charge is 0.406 e. The van der Waals surface area contributed by atoms with E-state index in [1.165, 1.54) is 6.07 Å². The number of carbonyl (C=O) groups is 1. The molecule has 6 heteroatoms. The number of ether oxygens (including phenoxy) is 1. The third-order valence-electron chi connectivity index (χ3n) is 1.75. The maximum atomic E-state index is 11.9. The van der Waals surface area contributed by atoms with Crippen LogP contribution in [0.4, 0.5) is 13.2 Å². The zero-order valence-electron chi connectivity index (χ0n) is 8.27. The molecular weight excluding hydrogens is 245 g/mol. The Balaban J connectivity index is 3.03. The van der Waals surface area contributed by atoms with Crippen LogP contribution in [0.5, 0.6) is 5.75 Å². The number of alkyl halides is 3. The topological polar surface area (TPSA) is 26.3 Å². The van der Waals surface area contributed by atoms with E-state index < -0.39 is 12.1 Å². The fourth-order valence-electron chi connectivity index (χ4n) is 1.12. The molecular formula is C10H8ClF3O2. The minimum atomic E-state index is -4.79. The summed E-state index contributed by atoms with van der Waals surface area (Å²) in [4.78, 5) is 11.3. The summed E-state index contributed by atoms with van der Waals surface area (Å²) in [6.07, 6.45) is -4.61. The third kappa shape index (κ3) is 3.73. The molecule has 0 aromatic heterocycles. The van der Waals surface area contributed by atoms with E-state index in [4.69, 9.17) is 11.6 Å². The highest BCUT2D eigenvalue weighted by atomic mass is 35.5. The van der Waals surface area contributed by atoms with Crippen molar-refractivity contribution in [3.63, 3.8) is 0 Å². The largest absolute Gasteiger partial charge is 0.573 e. The first-order valence-corrected chi connectivity index (χ1v) is 4.79. The summed E-state index contributed by atoms with van der Waals surface area (Å²) in [7, 11) is 0. The maximum Gasteiger partial charge on any atom is 0.573 e. The summed E-state index contributed by atoms with van der Waals surface area (Å²) >= 11 is 5.58. The van der Waals surface area contributed by atoms with Crippen LogP contribution in [0.3, 0.4) is 0 Å². The van der Waals surface area contributed by atoms with E-state index in [2.05, 4.69) is 4.74 Å². The average Bonchev–Trinajstić information content (AvgIpc) is 2.12. The van der Waals surface area contributed by atoms with E-state index in [1.807, 2.05) is 0 Å². The second-order valence-electron chi connectivity index (χ2n) is 3.00. The minimum Gasteiger partial charge on any atom is -0.406 e. The van der Waals surface area contributed by atoms with Gasteiger partial charge < -0.3 is 4.74 Å². The molecule has 88 valence electrons. The van der Waals surface area contributed by atoms with Gasteiger partial charge in [-0.05, 0) is 18.2 Å². The van der Waals surface area contributed by atoms with Gasteiger partial charge in [0.25, 0.3) is 0 Å². The number of hydrogen-bond acceptors (Lipinski definition) is 2. The summed E-state index contributed by atoms with van der Waals surface area (Å²) < 4.78 is 39.5. The van der Waals surface area contributed by atoms with Gasteiger partial charge in [0, 0.05) is 17.0 Å². The minimum absolute atomic E-state index is 0.0264. The lowest BCUT2D eigenvalue weighted by molar-refractivity contribution is -0.274. The van der Waals surface area contributed by atoms with E-state index in [-0.39, 0.29) is 22.8 Å². The van der Waals surface area contributed by atoms with Crippen LogP contribution in [0.25, 0.3) is 0 Å². The molecule has 1 aromatic carbocycles. The molecule has 0 radical (unpaired) electrons. The van der Waals surface area contributed by atoms with Crippen molar-refractivity contribution in [2.75, 3.05) is 0 Å². The van der Waals surface area contributed by atoms with Crippen LogP contribution in [0.15, 0.2) is 18.2 Å². The van der Waals surface area contributed by atoms with Crippen LogP contribution in [0.2, 0.25) is 5.02 Å². The van der Waals surface area contributed by atoms with Crippen molar-refractivity contribution in [3.8, 4) is 5.75 Å². The van der Waals surface area contributed by atoms with Crippen molar-refractivity contribution < 1.29 is 22.7 Å². The maximum absolute atomic E-state index is 11.9. The van der Waals surface area contributed by atoms with E-state index in [0.29, 0.717) is 0 Å². The van der Waals surface area contributed by atoms with Gasteiger partial charge in [-0.3, -0.25) is 4.79 Å².